The third-order valence-corrected chi connectivity index (χ3v) is 5.24. The standard InChI is InChI=1S/C19H27N5O2.HI/c1-20-17(26)15-6-3-5-14(9-15)11-22-18(21-2)24-8-4-7-19(13-24)10-16(25)23-12-19;/h3,5-6,9H,4,7-8,10-13H2,1-2H3,(H,20,26)(H,21,22)(H,23,25);1H. The molecule has 0 aliphatic carbocycles. The molecule has 2 aliphatic rings. The Morgan fingerprint density at radius 1 is 1.41 bits per heavy atom. The number of amides is 2. The van der Waals surface area contributed by atoms with Crippen molar-refractivity contribution < 1.29 is 9.59 Å². The summed E-state index contributed by atoms with van der Waals surface area (Å²) in [4.78, 5) is 30.1. The molecule has 2 saturated heterocycles. The van der Waals surface area contributed by atoms with E-state index in [1.165, 1.54) is 0 Å². The molecule has 3 N–H and O–H groups in total. The lowest BCUT2D eigenvalue weighted by Gasteiger charge is -2.40. The topological polar surface area (TPSA) is 85.8 Å². The van der Waals surface area contributed by atoms with E-state index >= 15 is 0 Å². The number of guanidine groups is 1. The predicted octanol–water partition coefficient (Wildman–Crippen LogP) is 1.34. The van der Waals surface area contributed by atoms with Crippen molar-refractivity contribution in [3.05, 3.63) is 35.4 Å². The lowest BCUT2D eigenvalue weighted by molar-refractivity contribution is -0.119. The predicted molar refractivity (Wildman–Crippen MR) is 116 cm³/mol. The highest BCUT2D eigenvalue weighted by Gasteiger charge is 2.42. The molecule has 7 nitrogen and oxygen atoms in total. The molecule has 2 fully saturated rings. The van der Waals surface area contributed by atoms with Crippen LogP contribution in [0, 0.1) is 5.41 Å². The van der Waals surface area contributed by atoms with Crippen molar-refractivity contribution in [1.82, 2.24) is 20.9 Å². The normalized spacial score (nSPS) is 22.2. The molecule has 2 aliphatic heterocycles. The molecule has 0 aromatic heterocycles. The molecule has 1 aromatic carbocycles. The maximum absolute atomic E-state index is 11.8. The van der Waals surface area contributed by atoms with E-state index in [1.54, 1.807) is 20.2 Å². The summed E-state index contributed by atoms with van der Waals surface area (Å²) in [6.45, 7) is 3.13. The fraction of sp³-hybridized carbons (Fsp3) is 0.526. The molecule has 2 amide bonds. The van der Waals surface area contributed by atoms with Crippen LogP contribution >= 0.6 is 24.0 Å². The van der Waals surface area contributed by atoms with Crippen LogP contribution < -0.4 is 16.0 Å². The van der Waals surface area contributed by atoms with Gasteiger partial charge in [-0.05, 0) is 30.5 Å². The van der Waals surface area contributed by atoms with Crippen molar-refractivity contribution in [2.24, 2.45) is 10.4 Å². The lowest BCUT2D eigenvalue weighted by atomic mass is 9.79. The number of hydrogen-bond acceptors (Lipinski definition) is 3. The van der Waals surface area contributed by atoms with E-state index in [0.717, 1.165) is 44.0 Å². The van der Waals surface area contributed by atoms with Gasteiger partial charge in [-0.1, -0.05) is 12.1 Å². The van der Waals surface area contributed by atoms with Gasteiger partial charge in [0.2, 0.25) is 5.91 Å². The molecule has 27 heavy (non-hydrogen) atoms. The quantitative estimate of drug-likeness (QED) is 0.343. The van der Waals surface area contributed by atoms with Gasteiger partial charge in [-0.15, -0.1) is 24.0 Å². The minimum absolute atomic E-state index is 0. The number of likely N-dealkylation sites (tertiary alicyclic amines) is 1. The Hall–Kier alpha value is -1.84. The lowest BCUT2D eigenvalue weighted by Crippen LogP contribution is -2.51. The molecule has 1 aromatic rings. The van der Waals surface area contributed by atoms with Gasteiger partial charge < -0.3 is 20.9 Å². The number of nitrogens with one attached hydrogen (secondary N) is 3. The summed E-state index contributed by atoms with van der Waals surface area (Å²) in [5.74, 6) is 0.905. The number of piperidine rings is 1. The maximum atomic E-state index is 11.8. The van der Waals surface area contributed by atoms with Crippen molar-refractivity contribution in [2.45, 2.75) is 25.8 Å². The van der Waals surface area contributed by atoms with Gasteiger partial charge in [0.1, 0.15) is 0 Å². The molecule has 0 bridgehead atoms. The maximum Gasteiger partial charge on any atom is 0.251 e. The van der Waals surface area contributed by atoms with Gasteiger partial charge in [-0.3, -0.25) is 14.6 Å². The van der Waals surface area contributed by atoms with E-state index in [1.807, 2.05) is 18.2 Å². The summed E-state index contributed by atoms with van der Waals surface area (Å²) in [5, 5.41) is 9.01. The third-order valence-electron chi connectivity index (χ3n) is 5.24. The summed E-state index contributed by atoms with van der Waals surface area (Å²) < 4.78 is 0. The van der Waals surface area contributed by atoms with Crippen molar-refractivity contribution >= 4 is 41.8 Å². The van der Waals surface area contributed by atoms with Crippen molar-refractivity contribution in [3.63, 3.8) is 0 Å². The molecular weight excluding hydrogens is 457 g/mol. The molecule has 1 spiro atoms. The molecule has 3 rings (SSSR count). The first kappa shape index (κ1) is 21.5. The number of nitrogens with zero attached hydrogens (tertiary/aromatic N) is 2. The number of hydrogen-bond donors (Lipinski definition) is 3. The SMILES string of the molecule is CN=C(NCc1cccc(C(=O)NC)c1)N1CCCC2(CNC(=O)C2)C1.I. The molecule has 0 radical (unpaired) electrons. The third kappa shape index (κ3) is 5.12. The fourth-order valence-electron chi connectivity index (χ4n) is 3.91. The number of benzene rings is 1. The molecule has 0 saturated carbocycles. The van der Waals surface area contributed by atoms with Crippen LogP contribution in [0.3, 0.4) is 0 Å². The Labute approximate surface area is 177 Å². The first-order chi connectivity index (χ1) is 12.5. The van der Waals surface area contributed by atoms with Crippen LogP contribution in [-0.2, 0) is 11.3 Å². The number of carbonyl (C=O) groups excluding carboxylic acids is 2. The summed E-state index contributed by atoms with van der Waals surface area (Å²) in [6.07, 6.45) is 2.74. The van der Waals surface area contributed by atoms with E-state index in [0.29, 0.717) is 18.5 Å². The molecule has 148 valence electrons. The van der Waals surface area contributed by atoms with Crippen LogP contribution in [-0.4, -0.2) is 56.4 Å². The Kier molecular flexibility index (Phi) is 7.46. The summed E-state index contributed by atoms with van der Waals surface area (Å²) >= 11 is 0. The molecule has 2 heterocycles. The van der Waals surface area contributed by atoms with Gasteiger partial charge in [0.15, 0.2) is 5.96 Å². The van der Waals surface area contributed by atoms with Gasteiger partial charge in [-0.2, -0.15) is 0 Å². The van der Waals surface area contributed by atoms with E-state index in [9.17, 15) is 9.59 Å². The van der Waals surface area contributed by atoms with E-state index in [2.05, 4.69) is 25.8 Å². The molecular formula is C19H28IN5O2. The highest BCUT2D eigenvalue weighted by atomic mass is 127. The molecule has 1 atom stereocenters. The van der Waals surface area contributed by atoms with E-state index < -0.39 is 0 Å². The van der Waals surface area contributed by atoms with Crippen LogP contribution in [0.1, 0.15) is 35.2 Å². The average Bonchev–Trinajstić information content (AvgIpc) is 3.01. The number of rotatable bonds is 3. The van der Waals surface area contributed by atoms with Gasteiger partial charge in [0.25, 0.3) is 5.91 Å². The highest BCUT2D eigenvalue weighted by Crippen LogP contribution is 2.35. The zero-order valence-electron chi connectivity index (χ0n) is 15.9. The zero-order chi connectivity index (χ0) is 18.6. The number of carbonyl (C=O) groups is 2. The Balaban J connectivity index is 0.00000261. The van der Waals surface area contributed by atoms with Crippen LogP contribution in [0.4, 0.5) is 0 Å². The van der Waals surface area contributed by atoms with Crippen LogP contribution in [0.25, 0.3) is 0 Å². The monoisotopic (exact) mass is 485 g/mol. The van der Waals surface area contributed by atoms with Gasteiger partial charge >= 0.3 is 0 Å². The van der Waals surface area contributed by atoms with Crippen LogP contribution in [0.2, 0.25) is 0 Å². The largest absolute Gasteiger partial charge is 0.355 e. The Morgan fingerprint density at radius 2 is 2.22 bits per heavy atom. The Morgan fingerprint density at radius 3 is 2.89 bits per heavy atom. The minimum Gasteiger partial charge on any atom is -0.355 e. The summed E-state index contributed by atoms with van der Waals surface area (Å²) in [6, 6.07) is 7.56. The molecule has 8 heteroatoms. The minimum atomic E-state index is -0.0902. The van der Waals surface area contributed by atoms with Crippen molar-refractivity contribution in [2.75, 3.05) is 33.7 Å². The van der Waals surface area contributed by atoms with E-state index in [4.69, 9.17) is 0 Å². The first-order valence-corrected chi connectivity index (χ1v) is 9.08. The highest BCUT2D eigenvalue weighted by molar-refractivity contribution is 14.0. The average molecular weight is 485 g/mol. The fourth-order valence-corrected chi connectivity index (χ4v) is 3.91. The number of halogens is 1. The van der Waals surface area contributed by atoms with Crippen molar-refractivity contribution in [1.29, 1.82) is 0 Å². The van der Waals surface area contributed by atoms with Gasteiger partial charge in [-0.25, -0.2) is 0 Å². The second kappa shape index (κ2) is 9.38. The molecule has 1 unspecified atom stereocenters. The first-order valence-electron chi connectivity index (χ1n) is 9.08. The summed E-state index contributed by atoms with van der Waals surface area (Å²) in [7, 11) is 3.41. The van der Waals surface area contributed by atoms with Gasteiger partial charge in [0, 0.05) is 57.7 Å². The smallest absolute Gasteiger partial charge is 0.251 e. The Bertz CT molecular complexity index is 724. The van der Waals surface area contributed by atoms with E-state index in [-0.39, 0.29) is 41.2 Å². The van der Waals surface area contributed by atoms with Gasteiger partial charge in [0.05, 0.1) is 0 Å². The number of aliphatic imine (C=N–C) groups is 1. The van der Waals surface area contributed by atoms with Crippen LogP contribution in [0.5, 0.6) is 0 Å². The summed E-state index contributed by atoms with van der Waals surface area (Å²) in [5.41, 5.74) is 1.71. The van der Waals surface area contributed by atoms with Crippen LogP contribution in [0.15, 0.2) is 29.3 Å². The zero-order valence-corrected chi connectivity index (χ0v) is 18.2. The van der Waals surface area contributed by atoms with Crippen molar-refractivity contribution in [3.8, 4) is 0 Å². The second-order valence-electron chi connectivity index (χ2n) is 7.16. The second-order valence-corrected chi connectivity index (χ2v) is 7.16.